The monoisotopic (exact) mass is 365 g/mol. The predicted molar refractivity (Wildman–Crippen MR) is 97.7 cm³/mol. The van der Waals surface area contributed by atoms with Crippen molar-refractivity contribution in [1.82, 2.24) is 4.72 Å². The Morgan fingerprint density at radius 3 is 2.32 bits per heavy atom. The lowest BCUT2D eigenvalue weighted by atomic mass is 9.86. The third kappa shape index (κ3) is 6.14. The third-order valence-corrected chi connectivity index (χ3v) is 5.00. The van der Waals surface area contributed by atoms with Crippen LogP contribution in [-0.2, 0) is 21.2 Å². The van der Waals surface area contributed by atoms with E-state index in [-0.39, 0.29) is 30.1 Å². The molecular formula is C19H24FNO3S. The quantitative estimate of drug-likeness (QED) is 0.763. The molecule has 0 aromatic heterocycles. The molecule has 0 aliphatic heterocycles. The second-order valence-electron chi connectivity index (χ2n) is 6.87. The lowest BCUT2D eigenvalue weighted by Crippen LogP contribution is -2.29. The van der Waals surface area contributed by atoms with Gasteiger partial charge in [-0.25, -0.2) is 17.5 Å². The third-order valence-electron chi connectivity index (χ3n) is 3.65. The first-order valence-corrected chi connectivity index (χ1v) is 9.77. The van der Waals surface area contributed by atoms with Gasteiger partial charge in [0.15, 0.2) is 0 Å². The number of ether oxygens (including phenoxy) is 1. The summed E-state index contributed by atoms with van der Waals surface area (Å²) in [7, 11) is -3.49. The molecule has 0 atom stereocenters. The molecule has 136 valence electrons. The first kappa shape index (κ1) is 19.4. The molecule has 2 aromatic rings. The molecule has 0 spiro atoms. The summed E-state index contributed by atoms with van der Waals surface area (Å²) in [6, 6.07) is 13.2. The highest BCUT2D eigenvalue weighted by Crippen LogP contribution is 2.30. The highest BCUT2D eigenvalue weighted by atomic mass is 32.2. The van der Waals surface area contributed by atoms with Crippen LogP contribution >= 0.6 is 0 Å². The zero-order chi connectivity index (χ0) is 18.5. The average Bonchev–Trinajstić information content (AvgIpc) is 2.53. The minimum Gasteiger partial charge on any atom is -0.492 e. The molecule has 0 heterocycles. The number of sulfonamides is 1. The van der Waals surface area contributed by atoms with Gasteiger partial charge in [0, 0.05) is 6.54 Å². The van der Waals surface area contributed by atoms with Gasteiger partial charge in [0.05, 0.1) is 5.75 Å². The van der Waals surface area contributed by atoms with E-state index < -0.39 is 10.0 Å². The summed E-state index contributed by atoms with van der Waals surface area (Å²) in [5, 5.41) is 0. The van der Waals surface area contributed by atoms with Gasteiger partial charge in [0.2, 0.25) is 10.0 Å². The fourth-order valence-electron chi connectivity index (χ4n) is 2.42. The topological polar surface area (TPSA) is 55.4 Å². The van der Waals surface area contributed by atoms with Gasteiger partial charge in [-0.1, -0.05) is 51.1 Å². The van der Waals surface area contributed by atoms with E-state index in [1.807, 2.05) is 24.3 Å². The van der Waals surface area contributed by atoms with Crippen LogP contribution in [0.5, 0.6) is 5.75 Å². The van der Waals surface area contributed by atoms with Crippen molar-refractivity contribution in [3.63, 3.8) is 0 Å². The standard InChI is InChI=1S/C19H24FNO3S/c1-19(2,3)17-6-4-5-7-18(17)24-13-12-21-25(22,23)14-15-8-10-16(20)11-9-15/h4-11,21H,12-14H2,1-3H3. The molecule has 1 N–H and O–H groups in total. The maximum atomic E-state index is 12.9. The SMILES string of the molecule is CC(C)(C)c1ccccc1OCCNS(=O)(=O)Cc1ccc(F)cc1. The van der Waals surface area contributed by atoms with Gasteiger partial charge >= 0.3 is 0 Å². The van der Waals surface area contributed by atoms with E-state index in [1.54, 1.807) is 0 Å². The fourth-order valence-corrected chi connectivity index (χ4v) is 3.55. The molecule has 2 aromatic carbocycles. The smallest absolute Gasteiger partial charge is 0.215 e. The van der Waals surface area contributed by atoms with Crippen molar-refractivity contribution < 1.29 is 17.5 Å². The van der Waals surface area contributed by atoms with Crippen molar-refractivity contribution >= 4 is 10.0 Å². The number of halogens is 1. The molecule has 0 unspecified atom stereocenters. The summed E-state index contributed by atoms with van der Waals surface area (Å²) in [5.74, 6) is 0.180. The van der Waals surface area contributed by atoms with Crippen molar-refractivity contribution in [3.05, 3.63) is 65.5 Å². The van der Waals surface area contributed by atoms with Crippen LogP contribution in [0.25, 0.3) is 0 Å². The number of nitrogens with one attached hydrogen (secondary N) is 1. The molecule has 4 nitrogen and oxygen atoms in total. The largest absolute Gasteiger partial charge is 0.492 e. The van der Waals surface area contributed by atoms with E-state index in [0.717, 1.165) is 11.3 Å². The summed E-state index contributed by atoms with van der Waals surface area (Å²) in [6.45, 7) is 6.69. The molecular weight excluding hydrogens is 341 g/mol. The molecule has 0 fully saturated rings. The highest BCUT2D eigenvalue weighted by molar-refractivity contribution is 7.88. The molecule has 0 aliphatic rings. The molecule has 0 bridgehead atoms. The number of rotatable bonds is 7. The second-order valence-corrected chi connectivity index (χ2v) is 8.68. The van der Waals surface area contributed by atoms with Crippen LogP contribution in [0.4, 0.5) is 4.39 Å². The summed E-state index contributed by atoms with van der Waals surface area (Å²) in [5.41, 5.74) is 1.55. The minimum atomic E-state index is -3.49. The van der Waals surface area contributed by atoms with Crippen LogP contribution in [0.1, 0.15) is 31.9 Å². The van der Waals surface area contributed by atoms with Crippen molar-refractivity contribution in [2.45, 2.75) is 31.9 Å². The molecule has 2 rings (SSSR count). The van der Waals surface area contributed by atoms with Gasteiger partial charge < -0.3 is 4.74 Å². The molecule has 0 aliphatic carbocycles. The number of para-hydroxylation sites is 1. The summed E-state index contributed by atoms with van der Waals surface area (Å²) < 4.78 is 45.2. The summed E-state index contributed by atoms with van der Waals surface area (Å²) in [4.78, 5) is 0. The van der Waals surface area contributed by atoms with Crippen molar-refractivity contribution in [2.75, 3.05) is 13.2 Å². The number of hydrogen-bond acceptors (Lipinski definition) is 3. The first-order valence-electron chi connectivity index (χ1n) is 8.11. The van der Waals surface area contributed by atoms with Gasteiger partial charge in [0.1, 0.15) is 18.2 Å². The Labute approximate surface area is 149 Å². The van der Waals surface area contributed by atoms with Crippen LogP contribution < -0.4 is 9.46 Å². The number of hydrogen-bond donors (Lipinski definition) is 1. The van der Waals surface area contributed by atoms with Crippen molar-refractivity contribution in [1.29, 1.82) is 0 Å². The van der Waals surface area contributed by atoms with Crippen LogP contribution in [0.2, 0.25) is 0 Å². The second kappa shape index (κ2) is 7.97. The van der Waals surface area contributed by atoms with Crippen molar-refractivity contribution in [2.24, 2.45) is 0 Å². The van der Waals surface area contributed by atoms with Gasteiger partial charge in [0.25, 0.3) is 0 Å². The Hall–Kier alpha value is -1.92. The maximum absolute atomic E-state index is 12.9. The van der Waals surface area contributed by atoms with Gasteiger partial charge in [-0.15, -0.1) is 0 Å². The van der Waals surface area contributed by atoms with E-state index >= 15 is 0 Å². The molecule has 0 saturated carbocycles. The zero-order valence-electron chi connectivity index (χ0n) is 14.8. The summed E-state index contributed by atoms with van der Waals surface area (Å²) in [6.07, 6.45) is 0. The highest BCUT2D eigenvalue weighted by Gasteiger charge is 2.18. The first-order chi connectivity index (χ1) is 11.7. The van der Waals surface area contributed by atoms with E-state index in [4.69, 9.17) is 4.74 Å². The van der Waals surface area contributed by atoms with Gasteiger partial charge in [-0.05, 0) is 34.7 Å². The van der Waals surface area contributed by atoms with Crippen LogP contribution in [0, 0.1) is 5.82 Å². The normalized spacial score (nSPS) is 12.2. The Morgan fingerprint density at radius 2 is 1.68 bits per heavy atom. The van der Waals surface area contributed by atoms with Gasteiger partial charge in [-0.3, -0.25) is 0 Å². The lowest BCUT2D eigenvalue weighted by Gasteiger charge is -2.22. The van der Waals surface area contributed by atoms with Crippen LogP contribution in [0.3, 0.4) is 0 Å². The molecule has 25 heavy (non-hydrogen) atoms. The van der Waals surface area contributed by atoms with Crippen LogP contribution in [-0.4, -0.2) is 21.6 Å². The van der Waals surface area contributed by atoms with E-state index in [1.165, 1.54) is 24.3 Å². The fraction of sp³-hybridized carbons (Fsp3) is 0.368. The Bertz CT molecular complexity index is 796. The average molecular weight is 365 g/mol. The molecule has 0 radical (unpaired) electrons. The van der Waals surface area contributed by atoms with Gasteiger partial charge in [-0.2, -0.15) is 0 Å². The zero-order valence-corrected chi connectivity index (χ0v) is 15.6. The predicted octanol–water partition coefficient (Wildman–Crippen LogP) is 3.62. The maximum Gasteiger partial charge on any atom is 0.215 e. The molecule has 0 amide bonds. The van der Waals surface area contributed by atoms with Crippen LogP contribution in [0.15, 0.2) is 48.5 Å². The molecule has 6 heteroatoms. The Balaban J connectivity index is 1.88. The molecule has 0 saturated heterocycles. The number of benzene rings is 2. The van der Waals surface area contributed by atoms with E-state index in [9.17, 15) is 12.8 Å². The van der Waals surface area contributed by atoms with E-state index in [2.05, 4.69) is 25.5 Å². The van der Waals surface area contributed by atoms with Crippen molar-refractivity contribution in [3.8, 4) is 5.75 Å². The van der Waals surface area contributed by atoms with E-state index in [0.29, 0.717) is 5.56 Å². The Morgan fingerprint density at radius 1 is 1.04 bits per heavy atom. The minimum absolute atomic E-state index is 0.0569. The summed E-state index contributed by atoms with van der Waals surface area (Å²) >= 11 is 0. The Kier molecular flexibility index (Phi) is 6.19. The lowest BCUT2D eigenvalue weighted by molar-refractivity contribution is 0.314.